The van der Waals surface area contributed by atoms with Crippen molar-refractivity contribution in [2.24, 2.45) is 0 Å². The Labute approximate surface area is 405 Å². The molecule has 6 heteroatoms. The second-order valence-corrected chi connectivity index (χ2v) is 19.9. The molecule has 6 nitrogen and oxygen atoms in total. The topological polar surface area (TPSA) is 78.9 Å². The lowest BCUT2D eigenvalue weighted by Gasteiger charge is -2.18. The molecule has 0 amide bonds. The fraction of sp³-hybridized carbons (Fsp3) is 0.915. The molecule has 0 aliphatic carbocycles. The summed E-state index contributed by atoms with van der Waals surface area (Å²) >= 11 is 0. The summed E-state index contributed by atoms with van der Waals surface area (Å²) in [6.45, 7) is 6.68. The third kappa shape index (κ3) is 53.0. The summed E-state index contributed by atoms with van der Waals surface area (Å²) in [6, 6.07) is 0. The summed E-state index contributed by atoms with van der Waals surface area (Å²) in [5.74, 6) is -0.843. The smallest absolute Gasteiger partial charge is 0.306 e. The highest BCUT2D eigenvalue weighted by Crippen LogP contribution is 2.17. The zero-order valence-corrected chi connectivity index (χ0v) is 44.0. The van der Waals surface area contributed by atoms with Gasteiger partial charge in [0.05, 0.1) is 0 Å². The number of allylic oxidation sites excluding steroid dienone is 2. The summed E-state index contributed by atoms with van der Waals surface area (Å²) in [6.07, 6.45) is 62.0. The van der Waals surface area contributed by atoms with Crippen molar-refractivity contribution < 1.29 is 28.6 Å². The highest BCUT2D eigenvalue weighted by atomic mass is 16.6. The van der Waals surface area contributed by atoms with Gasteiger partial charge in [-0.05, 0) is 44.9 Å². The van der Waals surface area contributed by atoms with Gasteiger partial charge in [-0.3, -0.25) is 14.4 Å². The van der Waals surface area contributed by atoms with Gasteiger partial charge in [0, 0.05) is 19.3 Å². The minimum atomic E-state index is -0.764. The first-order valence-electron chi connectivity index (χ1n) is 29.2. The van der Waals surface area contributed by atoms with Crippen molar-refractivity contribution in [3.63, 3.8) is 0 Å². The molecule has 0 saturated carbocycles. The highest BCUT2D eigenvalue weighted by Gasteiger charge is 2.19. The van der Waals surface area contributed by atoms with Crippen molar-refractivity contribution in [2.45, 2.75) is 335 Å². The molecular weight excluding hydrogens is 805 g/mol. The number of carbonyl (C=O) groups is 3. The predicted molar refractivity (Wildman–Crippen MR) is 280 cm³/mol. The van der Waals surface area contributed by atoms with Crippen molar-refractivity contribution in [3.05, 3.63) is 12.2 Å². The van der Waals surface area contributed by atoms with E-state index >= 15 is 0 Å². The predicted octanol–water partition coefficient (Wildman–Crippen LogP) is 19.3. The first-order valence-corrected chi connectivity index (χ1v) is 29.2. The Morgan fingerprint density at radius 2 is 0.508 bits per heavy atom. The molecular formula is C59H112O6. The molecule has 0 unspecified atom stereocenters. The Hall–Kier alpha value is -1.85. The Morgan fingerprint density at radius 1 is 0.292 bits per heavy atom. The first kappa shape index (κ1) is 63.1. The van der Waals surface area contributed by atoms with E-state index in [2.05, 4.69) is 32.9 Å². The van der Waals surface area contributed by atoms with Crippen molar-refractivity contribution in [1.29, 1.82) is 0 Å². The maximum Gasteiger partial charge on any atom is 0.306 e. The van der Waals surface area contributed by atoms with E-state index in [1.807, 2.05) is 0 Å². The number of ether oxygens (including phenoxy) is 3. The van der Waals surface area contributed by atoms with Gasteiger partial charge in [-0.15, -0.1) is 0 Å². The van der Waals surface area contributed by atoms with Gasteiger partial charge in [-0.1, -0.05) is 277 Å². The molecule has 0 aromatic heterocycles. The van der Waals surface area contributed by atoms with Gasteiger partial charge in [-0.2, -0.15) is 0 Å². The first-order chi connectivity index (χ1) is 32.0. The maximum atomic E-state index is 12.8. The van der Waals surface area contributed by atoms with Crippen LogP contribution in [0.4, 0.5) is 0 Å². The largest absolute Gasteiger partial charge is 0.462 e. The summed E-state index contributed by atoms with van der Waals surface area (Å²) in [5, 5.41) is 0. The Bertz CT molecular complexity index is 1010. The lowest BCUT2D eigenvalue weighted by atomic mass is 10.0. The molecule has 0 bridgehead atoms. The molecule has 0 aromatic rings. The summed E-state index contributed by atoms with van der Waals surface area (Å²) < 4.78 is 16.9. The fourth-order valence-electron chi connectivity index (χ4n) is 8.85. The van der Waals surface area contributed by atoms with E-state index in [9.17, 15) is 14.4 Å². The average molecular weight is 918 g/mol. The van der Waals surface area contributed by atoms with Gasteiger partial charge < -0.3 is 14.2 Å². The Balaban J connectivity index is 4.26. The lowest BCUT2D eigenvalue weighted by molar-refractivity contribution is -0.167. The van der Waals surface area contributed by atoms with E-state index in [-0.39, 0.29) is 31.1 Å². The van der Waals surface area contributed by atoms with E-state index in [1.165, 1.54) is 231 Å². The van der Waals surface area contributed by atoms with Crippen LogP contribution in [0.2, 0.25) is 0 Å². The zero-order chi connectivity index (χ0) is 47.2. The molecule has 0 aromatic carbocycles. The third-order valence-corrected chi connectivity index (χ3v) is 13.3. The molecule has 0 saturated heterocycles. The summed E-state index contributed by atoms with van der Waals surface area (Å²) in [7, 11) is 0. The van der Waals surface area contributed by atoms with Gasteiger partial charge >= 0.3 is 17.9 Å². The summed E-state index contributed by atoms with van der Waals surface area (Å²) in [4.78, 5) is 38.1. The second kappa shape index (κ2) is 54.8. The van der Waals surface area contributed by atoms with Gasteiger partial charge in [0.2, 0.25) is 0 Å². The van der Waals surface area contributed by atoms with Crippen LogP contribution in [0.15, 0.2) is 12.2 Å². The molecule has 0 spiro atoms. The molecule has 0 fully saturated rings. The molecule has 0 heterocycles. The van der Waals surface area contributed by atoms with Crippen molar-refractivity contribution >= 4 is 17.9 Å². The van der Waals surface area contributed by atoms with Crippen LogP contribution in [0.25, 0.3) is 0 Å². The van der Waals surface area contributed by atoms with Crippen LogP contribution in [0.3, 0.4) is 0 Å². The van der Waals surface area contributed by atoms with Gasteiger partial charge in [0.25, 0.3) is 0 Å². The van der Waals surface area contributed by atoms with Crippen LogP contribution in [-0.2, 0) is 28.6 Å². The van der Waals surface area contributed by atoms with E-state index in [0.29, 0.717) is 19.3 Å². The lowest BCUT2D eigenvalue weighted by Crippen LogP contribution is -2.30. The van der Waals surface area contributed by atoms with Crippen LogP contribution in [0.1, 0.15) is 329 Å². The SMILES string of the molecule is CCCCCCCC/C=C\CCCCCCCCCCCC(=O)OC[C@H](COC(=O)CCCCCCCCCCCCC)OC(=O)CCCCCCCCCCCCCCCCCCC. The van der Waals surface area contributed by atoms with Crippen molar-refractivity contribution in [1.82, 2.24) is 0 Å². The van der Waals surface area contributed by atoms with Crippen molar-refractivity contribution in [2.75, 3.05) is 13.2 Å². The molecule has 0 radical (unpaired) electrons. The van der Waals surface area contributed by atoms with Crippen LogP contribution < -0.4 is 0 Å². The minimum Gasteiger partial charge on any atom is -0.462 e. The van der Waals surface area contributed by atoms with Crippen LogP contribution >= 0.6 is 0 Å². The van der Waals surface area contributed by atoms with E-state index in [4.69, 9.17) is 14.2 Å². The second-order valence-electron chi connectivity index (χ2n) is 19.9. The van der Waals surface area contributed by atoms with E-state index < -0.39 is 6.10 Å². The zero-order valence-electron chi connectivity index (χ0n) is 44.0. The average Bonchev–Trinajstić information content (AvgIpc) is 3.30. The number of rotatable bonds is 54. The molecule has 65 heavy (non-hydrogen) atoms. The van der Waals surface area contributed by atoms with Crippen LogP contribution in [0.5, 0.6) is 0 Å². The number of esters is 3. The monoisotopic (exact) mass is 917 g/mol. The number of hydrogen-bond donors (Lipinski definition) is 0. The number of unbranched alkanes of at least 4 members (excludes halogenated alkanes) is 41. The van der Waals surface area contributed by atoms with Crippen molar-refractivity contribution in [3.8, 4) is 0 Å². The van der Waals surface area contributed by atoms with Gasteiger partial charge in [0.1, 0.15) is 13.2 Å². The Kier molecular flexibility index (Phi) is 53.2. The standard InChI is InChI=1S/C59H112O6/c1-4-7-10-13-16-19-22-24-26-28-29-31-32-34-37-40-43-46-49-52-58(61)64-55-56(54-63-57(60)51-48-45-42-39-36-21-18-15-12-9-6-3)65-59(62)53-50-47-44-41-38-35-33-30-27-25-23-20-17-14-11-8-5-2/h24,26,56H,4-23,25,27-55H2,1-3H3/b26-24-/t56-/m0/s1. The van der Waals surface area contributed by atoms with Crippen LogP contribution in [0, 0.1) is 0 Å². The molecule has 0 aliphatic rings. The highest BCUT2D eigenvalue weighted by molar-refractivity contribution is 5.71. The number of hydrogen-bond acceptors (Lipinski definition) is 6. The van der Waals surface area contributed by atoms with E-state index in [0.717, 1.165) is 57.8 Å². The Morgan fingerprint density at radius 3 is 0.769 bits per heavy atom. The molecule has 1 atom stereocenters. The van der Waals surface area contributed by atoms with Gasteiger partial charge in [-0.25, -0.2) is 0 Å². The normalized spacial score (nSPS) is 12.0. The quantitative estimate of drug-likeness (QED) is 0.0262. The maximum absolute atomic E-state index is 12.8. The third-order valence-electron chi connectivity index (χ3n) is 13.3. The van der Waals surface area contributed by atoms with Crippen LogP contribution in [-0.4, -0.2) is 37.2 Å². The molecule has 0 N–H and O–H groups in total. The molecule has 0 aliphatic heterocycles. The molecule has 384 valence electrons. The van der Waals surface area contributed by atoms with E-state index in [1.54, 1.807) is 0 Å². The fourth-order valence-corrected chi connectivity index (χ4v) is 8.85. The molecule has 0 rings (SSSR count). The summed E-state index contributed by atoms with van der Waals surface area (Å²) in [5.41, 5.74) is 0. The minimum absolute atomic E-state index is 0.0646. The number of carbonyl (C=O) groups excluding carboxylic acids is 3. The van der Waals surface area contributed by atoms with Gasteiger partial charge in [0.15, 0.2) is 6.10 Å².